The molecule has 2 aliphatic heterocycles. The third-order valence-electron chi connectivity index (χ3n) is 5.11. The summed E-state index contributed by atoms with van der Waals surface area (Å²) in [4.78, 5) is 4.97. The maximum Gasteiger partial charge on any atom is 0.127 e. The summed E-state index contributed by atoms with van der Waals surface area (Å²) in [5.41, 5.74) is 4.54. The van der Waals surface area contributed by atoms with Crippen LogP contribution in [0, 0.1) is 6.92 Å². The molecule has 0 aliphatic carbocycles. The van der Waals surface area contributed by atoms with Crippen molar-refractivity contribution in [3.8, 4) is 0 Å². The number of rotatable bonds is 2. The predicted molar refractivity (Wildman–Crippen MR) is 106 cm³/mol. The molecule has 2 aliphatic rings. The standard InChI is InChI=1S/C20H23ClN4/c1-14-4-2-7-17-18(14)24-19(20(25-17)8-10-22-11-9-20)23-13-15-5-3-6-16(21)12-15/h2-7,12,22,25H,8-11,13H2,1H3,(H,23,24). The molecule has 0 radical (unpaired) electrons. The summed E-state index contributed by atoms with van der Waals surface area (Å²) in [5.74, 6) is 1.04. The number of hydrogen-bond acceptors (Lipinski definition) is 3. The minimum Gasteiger partial charge on any atom is -0.371 e. The summed E-state index contributed by atoms with van der Waals surface area (Å²) in [6.07, 6.45) is 2.03. The smallest absolute Gasteiger partial charge is 0.127 e. The minimum atomic E-state index is -0.120. The molecule has 0 saturated carbocycles. The molecule has 0 amide bonds. The normalized spacial score (nSPS) is 20.0. The van der Waals surface area contributed by atoms with Crippen LogP contribution in [0.15, 0.2) is 47.5 Å². The molecular formula is C20H23ClN4. The molecule has 4 nitrogen and oxygen atoms in total. The minimum absolute atomic E-state index is 0.120. The van der Waals surface area contributed by atoms with E-state index in [9.17, 15) is 0 Å². The first kappa shape index (κ1) is 16.4. The van der Waals surface area contributed by atoms with E-state index in [2.05, 4.69) is 47.1 Å². The van der Waals surface area contributed by atoms with Crippen LogP contribution in [-0.2, 0) is 6.54 Å². The van der Waals surface area contributed by atoms with Gasteiger partial charge in [0.25, 0.3) is 0 Å². The second kappa shape index (κ2) is 6.70. The van der Waals surface area contributed by atoms with E-state index in [1.807, 2.05) is 18.2 Å². The highest BCUT2D eigenvalue weighted by Gasteiger charge is 2.41. The molecule has 1 saturated heterocycles. The summed E-state index contributed by atoms with van der Waals surface area (Å²) in [6.45, 7) is 4.74. The van der Waals surface area contributed by atoms with Crippen molar-refractivity contribution >= 4 is 28.8 Å². The van der Waals surface area contributed by atoms with E-state index in [4.69, 9.17) is 16.6 Å². The van der Waals surface area contributed by atoms with Crippen molar-refractivity contribution in [1.82, 2.24) is 5.32 Å². The molecule has 0 aromatic heterocycles. The van der Waals surface area contributed by atoms with Crippen molar-refractivity contribution in [3.05, 3.63) is 58.6 Å². The number of nitrogens with zero attached hydrogens (tertiary/aromatic N) is 1. The molecule has 130 valence electrons. The number of nitrogens with one attached hydrogen (secondary N) is 3. The maximum atomic E-state index is 6.11. The van der Waals surface area contributed by atoms with Gasteiger partial charge >= 0.3 is 0 Å². The molecule has 2 aromatic carbocycles. The van der Waals surface area contributed by atoms with Gasteiger partial charge in [0.1, 0.15) is 5.84 Å². The van der Waals surface area contributed by atoms with Gasteiger partial charge in [-0.05, 0) is 62.2 Å². The van der Waals surface area contributed by atoms with Crippen LogP contribution in [0.25, 0.3) is 0 Å². The lowest BCUT2D eigenvalue weighted by molar-refractivity contribution is 0.419. The van der Waals surface area contributed by atoms with Crippen LogP contribution in [-0.4, -0.2) is 24.5 Å². The molecule has 0 unspecified atom stereocenters. The molecule has 2 heterocycles. The summed E-state index contributed by atoms with van der Waals surface area (Å²) in [6, 6.07) is 14.3. The van der Waals surface area contributed by atoms with Crippen molar-refractivity contribution < 1.29 is 0 Å². The molecule has 0 atom stereocenters. The van der Waals surface area contributed by atoms with Crippen LogP contribution in [0.1, 0.15) is 24.0 Å². The van der Waals surface area contributed by atoms with Gasteiger partial charge in [-0.25, -0.2) is 0 Å². The van der Waals surface area contributed by atoms with Gasteiger partial charge in [0, 0.05) is 5.02 Å². The van der Waals surface area contributed by atoms with Crippen molar-refractivity contribution in [2.24, 2.45) is 4.99 Å². The van der Waals surface area contributed by atoms with E-state index in [-0.39, 0.29) is 5.54 Å². The molecule has 1 fully saturated rings. The number of piperidine rings is 1. The van der Waals surface area contributed by atoms with Crippen molar-refractivity contribution in [2.75, 3.05) is 23.7 Å². The molecule has 0 bridgehead atoms. The lowest BCUT2D eigenvalue weighted by Gasteiger charge is -2.44. The largest absolute Gasteiger partial charge is 0.371 e. The van der Waals surface area contributed by atoms with Crippen molar-refractivity contribution in [3.63, 3.8) is 0 Å². The maximum absolute atomic E-state index is 6.11. The number of hydrogen-bond donors (Lipinski definition) is 3. The zero-order valence-electron chi connectivity index (χ0n) is 14.4. The molecule has 5 heteroatoms. The zero-order valence-corrected chi connectivity index (χ0v) is 15.2. The Morgan fingerprint density at radius 3 is 2.72 bits per heavy atom. The lowest BCUT2D eigenvalue weighted by Crippen LogP contribution is -2.58. The van der Waals surface area contributed by atoms with Crippen LogP contribution in [0.4, 0.5) is 11.4 Å². The van der Waals surface area contributed by atoms with Crippen molar-refractivity contribution in [2.45, 2.75) is 31.8 Å². The monoisotopic (exact) mass is 354 g/mol. The van der Waals surface area contributed by atoms with Crippen molar-refractivity contribution in [1.29, 1.82) is 0 Å². The zero-order chi connectivity index (χ0) is 17.3. The fourth-order valence-corrected chi connectivity index (χ4v) is 3.92. The van der Waals surface area contributed by atoms with E-state index in [1.165, 1.54) is 11.3 Å². The Hall–Kier alpha value is -2.04. The first-order valence-electron chi connectivity index (χ1n) is 8.81. The van der Waals surface area contributed by atoms with Gasteiger partial charge in [-0.1, -0.05) is 35.9 Å². The molecule has 1 spiro atoms. The Morgan fingerprint density at radius 1 is 1.12 bits per heavy atom. The molecule has 3 N–H and O–H groups in total. The van der Waals surface area contributed by atoms with Gasteiger partial charge < -0.3 is 16.0 Å². The second-order valence-corrected chi connectivity index (χ2v) is 7.31. The first-order chi connectivity index (χ1) is 12.2. The second-order valence-electron chi connectivity index (χ2n) is 6.87. The van der Waals surface area contributed by atoms with E-state index >= 15 is 0 Å². The number of aryl methyl sites for hydroxylation is 1. The van der Waals surface area contributed by atoms with E-state index in [1.54, 1.807) is 0 Å². The Bertz CT molecular complexity index is 809. The van der Waals surface area contributed by atoms with Gasteiger partial charge in [-0.2, -0.15) is 0 Å². The predicted octanol–water partition coefficient (Wildman–Crippen LogP) is 4.21. The van der Waals surface area contributed by atoms with Crippen LogP contribution in [0.3, 0.4) is 0 Å². The number of halogens is 1. The summed E-state index contributed by atoms with van der Waals surface area (Å²) in [7, 11) is 0. The highest BCUT2D eigenvalue weighted by atomic mass is 35.5. The number of benzene rings is 2. The fourth-order valence-electron chi connectivity index (χ4n) is 3.70. The van der Waals surface area contributed by atoms with E-state index in [0.29, 0.717) is 6.54 Å². The third kappa shape index (κ3) is 3.24. The lowest BCUT2D eigenvalue weighted by atomic mass is 9.84. The van der Waals surface area contributed by atoms with Crippen LogP contribution < -0.4 is 16.0 Å². The van der Waals surface area contributed by atoms with Gasteiger partial charge in [0.2, 0.25) is 0 Å². The summed E-state index contributed by atoms with van der Waals surface area (Å²) < 4.78 is 0. The molecule has 2 aromatic rings. The Labute approximate surface area is 153 Å². The SMILES string of the molecule is Cc1cccc2c1NC(=NCc1cccc(Cl)c1)C1(CCNCC1)N2. The topological polar surface area (TPSA) is 48.5 Å². The van der Waals surface area contributed by atoms with Gasteiger partial charge in [-0.3, -0.25) is 4.99 Å². The summed E-state index contributed by atoms with van der Waals surface area (Å²) in [5, 5.41) is 11.6. The van der Waals surface area contributed by atoms with E-state index in [0.717, 1.165) is 48.0 Å². The first-order valence-corrected chi connectivity index (χ1v) is 9.19. The van der Waals surface area contributed by atoms with Crippen LogP contribution in [0.2, 0.25) is 5.02 Å². The molecule has 4 rings (SSSR count). The quantitative estimate of drug-likeness (QED) is 0.757. The van der Waals surface area contributed by atoms with Gasteiger partial charge in [-0.15, -0.1) is 0 Å². The van der Waals surface area contributed by atoms with Gasteiger partial charge in [0.05, 0.1) is 23.5 Å². The fraction of sp³-hybridized carbons (Fsp3) is 0.350. The summed E-state index contributed by atoms with van der Waals surface area (Å²) >= 11 is 6.11. The average Bonchev–Trinajstić information content (AvgIpc) is 2.61. The number of aliphatic imine (C=N–C) groups is 1. The Morgan fingerprint density at radius 2 is 1.92 bits per heavy atom. The number of anilines is 2. The molecule has 25 heavy (non-hydrogen) atoms. The number of amidine groups is 1. The van der Waals surface area contributed by atoms with E-state index < -0.39 is 0 Å². The van der Waals surface area contributed by atoms with Gasteiger partial charge in [0.15, 0.2) is 0 Å². The highest BCUT2D eigenvalue weighted by Crippen LogP contribution is 2.37. The number of para-hydroxylation sites is 1. The Kier molecular flexibility index (Phi) is 4.40. The van der Waals surface area contributed by atoms with Crippen LogP contribution in [0.5, 0.6) is 0 Å². The Balaban J connectivity index is 1.69. The highest BCUT2D eigenvalue weighted by molar-refractivity contribution is 6.30. The third-order valence-corrected chi connectivity index (χ3v) is 5.34. The number of fused-ring (bicyclic) bond motifs is 1. The van der Waals surface area contributed by atoms with Crippen LogP contribution >= 0.6 is 11.6 Å². The average molecular weight is 355 g/mol. The molecular weight excluding hydrogens is 332 g/mol.